The largest absolute Gasteiger partial charge is 0.504 e. The molecule has 2 fully saturated rings. The minimum Gasteiger partial charge on any atom is -0.504 e. The Morgan fingerprint density at radius 1 is 1.05 bits per heavy atom. The van der Waals surface area contributed by atoms with Gasteiger partial charge in [-0.1, -0.05) is 44.7 Å². The minimum absolute atomic E-state index is 0.0239. The first-order chi connectivity index (χ1) is 30.5. The van der Waals surface area contributed by atoms with Crippen LogP contribution >= 0.6 is 11.8 Å². The van der Waals surface area contributed by atoms with Gasteiger partial charge in [-0.2, -0.15) is 5.26 Å². The fraction of sp³-hybridized carbons (Fsp3) is 0.521. The van der Waals surface area contributed by atoms with E-state index in [0.29, 0.717) is 83.2 Å². The minimum atomic E-state index is -1.39. The molecule has 4 bridgehead atoms. The molecule has 7 aliphatic rings. The SMILES string of the molecule is C=CCN1C2c3c(cc(C)c(OC)c3O)C[C@H]1[C@H](C#N)N1C2[C@@H]2SC[C@]3(NCCc4cc(O)c(OC)cc43)C(=O)OC[C@H]1c1c3c(c(C)c(OC(=O)CCCCCCC)c12)OCO3. The quantitative estimate of drug-likeness (QED) is 0.0787. The molecule has 0 aliphatic carbocycles. The highest BCUT2D eigenvalue weighted by atomic mass is 32.2. The van der Waals surface area contributed by atoms with Crippen LogP contribution in [0.5, 0.6) is 40.2 Å². The lowest BCUT2D eigenvalue weighted by Gasteiger charge is -2.62. The summed E-state index contributed by atoms with van der Waals surface area (Å²) in [6, 6.07) is 5.15. The Hall–Kier alpha value is -5.14. The van der Waals surface area contributed by atoms with Crippen molar-refractivity contribution >= 4 is 23.7 Å². The lowest BCUT2D eigenvalue weighted by molar-refractivity contribution is -0.157. The number of methoxy groups -OCH3 is 2. The van der Waals surface area contributed by atoms with Crippen molar-refractivity contribution in [3.8, 4) is 46.3 Å². The first kappa shape index (κ1) is 43.1. The molecule has 7 atom stereocenters. The molecule has 14 nitrogen and oxygen atoms in total. The number of hydrogen-bond donors (Lipinski definition) is 3. The standard InChI is InChI=1S/C48H56N4O10S/c1-7-9-10-11-12-13-35(54)62-43-26(4)44-45(61-24-60-44)37-32-22-59-47(56)48(29-20-34(57-5)33(53)19-27(29)14-15-50-48)23-63-46(38(37)43)40-39-36-28(17-25(3)42(58-6)41(36)55)18-30(51(39)16-8-2)31(21-49)52(32)40/h8,17,19-20,30-32,39-40,46,50,53,55H,2,7,9-16,18,22-24H2,1,3-6H3/t30-,31-,32-,39?,40?,46+,48+/m0/s1. The third-order valence-electron chi connectivity index (χ3n) is 14.1. The van der Waals surface area contributed by atoms with Gasteiger partial charge in [0.2, 0.25) is 6.79 Å². The number of phenolic OH excluding ortho intramolecular Hbond substituents is 2. The summed E-state index contributed by atoms with van der Waals surface area (Å²) in [7, 11) is 3.02. The normalized spacial score (nSPS) is 26.7. The van der Waals surface area contributed by atoms with Crippen LogP contribution in [-0.4, -0.2) is 96.5 Å². The van der Waals surface area contributed by atoms with Crippen molar-refractivity contribution in [2.24, 2.45) is 0 Å². The molecule has 2 unspecified atom stereocenters. The number of hydrogen-bond acceptors (Lipinski definition) is 15. The third-order valence-corrected chi connectivity index (χ3v) is 15.5. The van der Waals surface area contributed by atoms with Gasteiger partial charge in [0.25, 0.3) is 0 Å². The number of piperazine rings is 1. The molecular weight excluding hydrogens is 825 g/mol. The molecular formula is C48H56N4O10S. The fourth-order valence-electron chi connectivity index (χ4n) is 11.3. The van der Waals surface area contributed by atoms with Crippen molar-refractivity contribution in [3.63, 3.8) is 0 Å². The van der Waals surface area contributed by atoms with Crippen LogP contribution in [0.15, 0.2) is 30.9 Å². The third kappa shape index (κ3) is 6.78. The number of phenols is 2. The van der Waals surface area contributed by atoms with Crippen molar-refractivity contribution in [2.75, 3.05) is 46.5 Å². The summed E-state index contributed by atoms with van der Waals surface area (Å²) in [6.07, 6.45) is 7.89. The number of benzene rings is 3. The van der Waals surface area contributed by atoms with Gasteiger partial charge in [0.15, 0.2) is 40.0 Å². The lowest BCUT2D eigenvalue weighted by atomic mass is 9.71. The number of carbonyl (C=O) groups is 2. The average molecular weight is 881 g/mol. The molecule has 3 aromatic rings. The molecule has 3 N–H and O–H groups in total. The summed E-state index contributed by atoms with van der Waals surface area (Å²) >= 11 is 1.50. The van der Waals surface area contributed by atoms with E-state index in [2.05, 4.69) is 40.8 Å². The zero-order chi connectivity index (χ0) is 44.3. The van der Waals surface area contributed by atoms with E-state index in [4.69, 9.17) is 28.4 Å². The van der Waals surface area contributed by atoms with E-state index >= 15 is 0 Å². The van der Waals surface area contributed by atoms with Gasteiger partial charge < -0.3 is 38.6 Å². The van der Waals surface area contributed by atoms with Crippen LogP contribution in [0, 0.1) is 25.2 Å². The number of carbonyl (C=O) groups excluding carboxylic acids is 2. The molecule has 0 amide bonds. The number of nitrogens with zero attached hydrogens (tertiary/aromatic N) is 3. The molecule has 0 saturated carbocycles. The number of unbranched alkanes of at least 4 members (excludes halogenated alkanes) is 4. The average Bonchev–Trinajstić information content (AvgIpc) is 3.76. The summed E-state index contributed by atoms with van der Waals surface area (Å²) in [5, 5.41) is 37.6. The van der Waals surface area contributed by atoms with Gasteiger partial charge >= 0.3 is 11.9 Å². The van der Waals surface area contributed by atoms with Crippen molar-refractivity contribution < 1.29 is 48.2 Å². The first-order valence-corrected chi connectivity index (χ1v) is 23.1. The monoisotopic (exact) mass is 880 g/mol. The fourth-order valence-corrected chi connectivity index (χ4v) is 13.0. The first-order valence-electron chi connectivity index (χ1n) is 22.1. The number of fused-ring (bicyclic) bond motifs is 9. The molecule has 3 aromatic carbocycles. The maximum absolute atomic E-state index is 15.0. The van der Waals surface area contributed by atoms with Crippen LogP contribution in [0.1, 0.15) is 107 Å². The zero-order valence-corrected chi connectivity index (χ0v) is 37.4. The molecule has 334 valence electrons. The molecule has 63 heavy (non-hydrogen) atoms. The topological polar surface area (TPSA) is 172 Å². The second kappa shape index (κ2) is 17.1. The predicted molar refractivity (Wildman–Crippen MR) is 235 cm³/mol. The van der Waals surface area contributed by atoms with Crippen molar-refractivity contribution in [1.82, 2.24) is 15.1 Å². The number of esters is 2. The zero-order valence-electron chi connectivity index (χ0n) is 36.6. The highest BCUT2D eigenvalue weighted by Gasteiger charge is 2.62. The summed E-state index contributed by atoms with van der Waals surface area (Å²) in [6.45, 7) is 10.7. The van der Waals surface area contributed by atoms with E-state index < -0.39 is 40.9 Å². The molecule has 15 heteroatoms. The molecule has 2 saturated heterocycles. The summed E-state index contributed by atoms with van der Waals surface area (Å²) in [4.78, 5) is 33.5. The Balaban J connectivity index is 1.30. The van der Waals surface area contributed by atoms with Gasteiger partial charge in [0.05, 0.1) is 37.6 Å². The van der Waals surface area contributed by atoms with Crippen molar-refractivity contribution in [2.45, 2.75) is 113 Å². The second-order valence-corrected chi connectivity index (χ2v) is 18.6. The number of rotatable bonds is 11. The summed E-state index contributed by atoms with van der Waals surface area (Å²) in [5.74, 6) is 1.16. The second-order valence-electron chi connectivity index (χ2n) is 17.5. The predicted octanol–water partition coefficient (Wildman–Crippen LogP) is 6.88. The molecule has 7 aliphatic heterocycles. The smallest absolute Gasteiger partial charge is 0.331 e. The Morgan fingerprint density at radius 3 is 2.59 bits per heavy atom. The van der Waals surface area contributed by atoms with E-state index in [1.165, 1.54) is 18.9 Å². The molecule has 0 aromatic heterocycles. The molecule has 10 rings (SSSR count). The maximum Gasteiger partial charge on any atom is 0.331 e. The van der Waals surface area contributed by atoms with Crippen LogP contribution in [0.4, 0.5) is 0 Å². The van der Waals surface area contributed by atoms with Gasteiger partial charge in [-0.15, -0.1) is 18.3 Å². The van der Waals surface area contributed by atoms with Crippen molar-refractivity contribution in [1.29, 1.82) is 5.26 Å². The van der Waals surface area contributed by atoms with E-state index in [0.717, 1.165) is 42.4 Å². The number of nitriles is 1. The van der Waals surface area contributed by atoms with Gasteiger partial charge in [-0.3, -0.25) is 19.9 Å². The summed E-state index contributed by atoms with van der Waals surface area (Å²) in [5.41, 5.74) is 4.42. The number of aryl methyl sites for hydroxylation is 1. The maximum atomic E-state index is 15.0. The van der Waals surface area contributed by atoms with Gasteiger partial charge in [0, 0.05) is 59.6 Å². The molecule has 0 radical (unpaired) electrons. The van der Waals surface area contributed by atoms with E-state index in [1.54, 1.807) is 19.2 Å². The Labute approximate surface area is 372 Å². The molecule has 1 spiro atoms. The van der Waals surface area contributed by atoms with Crippen LogP contribution < -0.4 is 29.0 Å². The highest BCUT2D eigenvalue weighted by molar-refractivity contribution is 7.99. The number of ether oxygens (including phenoxy) is 6. The van der Waals surface area contributed by atoms with Gasteiger partial charge in [0.1, 0.15) is 18.4 Å². The Morgan fingerprint density at radius 2 is 1.84 bits per heavy atom. The van der Waals surface area contributed by atoms with E-state index in [9.17, 15) is 25.1 Å². The summed E-state index contributed by atoms with van der Waals surface area (Å²) < 4.78 is 37.1. The van der Waals surface area contributed by atoms with Gasteiger partial charge in [-0.25, -0.2) is 4.79 Å². The van der Waals surface area contributed by atoms with Crippen LogP contribution in [0.25, 0.3) is 0 Å². The Kier molecular flexibility index (Phi) is 11.7. The van der Waals surface area contributed by atoms with Crippen LogP contribution in [0.3, 0.4) is 0 Å². The lowest BCUT2D eigenvalue weighted by Crippen LogP contribution is -2.70. The Bertz CT molecular complexity index is 2400. The number of aromatic hydroxyl groups is 2. The van der Waals surface area contributed by atoms with Crippen molar-refractivity contribution in [3.05, 3.63) is 75.4 Å². The van der Waals surface area contributed by atoms with E-state index in [1.807, 2.05) is 19.9 Å². The van der Waals surface area contributed by atoms with Gasteiger partial charge in [-0.05, 0) is 67.5 Å². The number of nitrogens with one attached hydrogen (secondary N) is 1. The molecule has 7 heterocycles. The number of thioether (sulfide) groups is 1. The highest BCUT2D eigenvalue weighted by Crippen LogP contribution is 2.65. The van der Waals surface area contributed by atoms with Crippen LogP contribution in [0.2, 0.25) is 0 Å². The van der Waals surface area contributed by atoms with E-state index in [-0.39, 0.29) is 54.8 Å². The van der Waals surface area contributed by atoms with Crippen LogP contribution in [-0.2, 0) is 32.7 Å².